The Morgan fingerprint density at radius 2 is 2.00 bits per heavy atom. The Hall–Kier alpha value is -2.57. The van der Waals surface area contributed by atoms with E-state index in [2.05, 4.69) is 10.3 Å². The zero-order valence-corrected chi connectivity index (χ0v) is 11.5. The summed E-state index contributed by atoms with van der Waals surface area (Å²) in [5.41, 5.74) is 4.83. The molecule has 1 amide bonds. The second-order valence-corrected chi connectivity index (χ2v) is 4.63. The van der Waals surface area contributed by atoms with Gasteiger partial charge in [-0.25, -0.2) is 0 Å². The number of carbonyl (C=O) groups is 1. The molecule has 0 aliphatic rings. The Morgan fingerprint density at radius 1 is 1.23 bits per heavy atom. The first-order valence-electron chi connectivity index (χ1n) is 6.53. The van der Waals surface area contributed by atoms with E-state index in [1.165, 1.54) is 0 Å². The lowest BCUT2D eigenvalue weighted by atomic mass is 10.1. The number of carbonyl (C=O) groups excluding carboxylic acids is 1. The summed E-state index contributed by atoms with van der Waals surface area (Å²) in [6.45, 7) is 0.182. The molecule has 0 saturated carbocycles. The third-order valence-electron chi connectivity index (χ3n) is 2.99. The average molecular weight is 309 g/mol. The van der Waals surface area contributed by atoms with E-state index in [9.17, 15) is 18.0 Å². The van der Waals surface area contributed by atoms with Crippen molar-refractivity contribution in [1.82, 2.24) is 10.3 Å². The lowest BCUT2D eigenvalue weighted by molar-refractivity contribution is -0.137. The molecule has 0 saturated heterocycles. The topological polar surface area (TPSA) is 68.0 Å². The lowest BCUT2D eigenvalue weighted by Crippen LogP contribution is -2.28. The number of halogens is 3. The van der Waals surface area contributed by atoms with Crippen molar-refractivity contribution < 1.29 is 18.0 Å². The van der Waals surface area contributed by atoms with Crippen LogP contribution < -0.4 is 11.1 Å². The summed E-state index contributed by atoms with van der Waals surface area (Å²) in [5.74, 6) is -0.810. The van der Waals surface area contributed by atoms with Gasteiger partial charge in [-0.2, -0.15) is 13.2 Å². The molecule has 116 valence electrons. The Balaban J connectivity index is 2.08. The molecule has 0 radical (unpaired) electrons. The number of hydrogen-bond acceptors (Lipinski definition) is 3. The number of nitrogen functional groups attached to an aromatic ring is 1. The van der Waals surface area contributed by atoms with E-state index >= 15 is 0 Å². The Kier molecular flexibility index (Phi) is 4.65. The van der Waals surface area contributed by atoms with Crippen LogP contribution >= 0.6 is 0 Å². The van der Waals surface area contributed by atoms with Crippen molar-refractivity contribution in [3.8, 4) is 0 Å². The highest BCUT2D eigenvalue weighted by molar-refractivity contribution is 5.96. The van der Waals surface area contributed by atoms with Crippen LogP contribution in [0.2, 0.25) is 0 Å². The molecule has 0 aliphatic carbocycles. The molecule has 0 unspecified atom stereocenters. The number of benzene rings is 1. The summed E-state index contributed by atoms with van der Waals surface area (Å²) < 4.78 is 38.7. The fourth-order valence-electron chi connectivity index (χ4n) is 1.94. The molecule has 1 aromatic carbocycles. The molecule has 0 bridgehead atoms. The third kappa shape index (κ3) is 3.97. The minimum atomic E-state index is -4.61. The molecule has 0 fully saturated rings. The van der Waals surface area contributed by atoms with E-state index < -0.39 is 23.2 Å². The Morgan fingerprint density at radius 3 is 2.64 bits per heavy atom. The zero-order chi connectivity index (χ0) is 16.2. The second-order valence-electron chi connectivity index (χ2n) is 4.63. The number of nitrogens with two attached hydrogens (primary N) is 1. The third-order valence-corrected chi connectivity index (χ3v) is 2.99. The first-order valence-corrected chi connectivity index (χ1v) is 6.53. The van der Waals surface area contributed by atoms with Gasteiger partial charge in [0.2, 0.25) is 0 Å². The number of rotatable bonds is 4. The van der Waals surface area contributed by atoms with Crippen LogP contribution in [0.1, 0.15) is 21.6 Å². The second kappa shape index (κ2) is 6.46. The van der Waals surface area contributed by atoms with E-state index in [4.69, 9.17) is 5.73 Å². The van der Waals surface area contributed by atoms with Crippen LogP contribution in [0.3, 0.4) is 0 Å². The van der Waals surface area contributed by atoms with E-state index in [0.717, 1.165) is 23.9 Å². The molecule has 7 heteroatoms. The number of amides is 1. The summed E-state index contributed by atoms with van der Waals surface area (Å²) in [5, 5.41) is 2.45. The van der Waals surface area contributed by atoms with Crippen molar-refractivity contribution in [2.24, 2.45) is 0 Å². The van der Waals surface area contributed by atoms with Gasteiger partial charge in [-0.3, -0.25) is 9.78 Å². The average Bonchev–Trinajstić information content (AvgIpc) is 2.47. The highest BCUT2D eigenvalue weighted by Gasteiger charge is 2.35. The van der Waals surface area contributed by atoms with Gasteiger partial charge in [0.15, 0.2) is 0 Å². The standard InChI is InChI=1S/C15H14F3N3O/c16-15(17,18)13-5-4-10(19)9-12(13)14(22)21-8-6-11-3-1-2-7-20-11/h1-5,7,9H,6,8,19H2,(H,21,22). The smallest absolute Gasteiger partial charge is 0.399 e. The predicted octanol–water partition coefficient (Wildman–Crippen LogP) is 2.66. The van der Waals surface area contributed by atoms with Crippen LogP contribution in [-0.4, -0.2) is 17.4 Å². The summed E-state index contributed by atoms with van der Waals surface area (Å²) in [7, 11) is 0. The van der Waals surface area contributed by atoms with E-state index in [0.29, 0.717) is 6.42 Å². The number of anilines is 1. The van der Waals surface area contributed by atoms with Gasteiger partial charge in [-0.15, -0.1) is 0 Å². The van der Waals surface area contributed by atoms with Crippen molar-refractivity contribution in [3.63, 3.8) is 0 Å². The molecule has 4 nitrogen and oxygen atoms in total. The minimum Gasteiger partial charge on any atom is -0.399 e. The molecule has 2 rings (SSSR count). The van der Waals surface area contributed by atoms with Crippen LogP contribution in [0.5, 0.6) is 0 Å². The first-order chi connectivity index (χ1) is 10.4. The molecule has 0 aliphatic heterocycles. The summed E-state index contributed by atoms with van der Waals surface area (Å²) in [6.07, 6.45) is -2.57. The van der Waals surface area contributed by atoms with Gasteiger partial charge in [0.05, 0.1) is 11.1 Å². The maximum atomic E-state index is 12.9. The largest absolute Gasteiger partial charge is 0.417 e. The van der Waals surface area contributed by atoms with Gasteiger partial charge < -0.3 is 11.1 Å². The number of hydrogen-bond donors (Lipinski definition) is 2. The molecule has 22 heavy (non-hydrogen) atoms. The molecular weight excluding hydrogens is 295 g/mol. The van der Waals surface area contributed by atoms with Gasteiger partial charge >= 0.3 is 6.18 Å². The minimum absolute atomic E-state index is 0.0999. The maximum Gasteiger partial charge on any atom is 0.417 e. The summed E-state index contributed by atoms with van der Waals surface area (Å²) in [6, 6.07) is 8.28. The van der Waals surface area contributed by atoms with Crippen LogP contribution in [0.25, 0.3) is 0 Å². The fraction of sp³-hybridized carbons (Fsp3) is 0.200. The monoisotopic (exact) mass is 309 g/mol. The van der Waals surface area contributed by atoms with E-state index in [1.807, 2.05) is 0 Å². The van der Waals surface area contributed by atoms with Crippen LogP contribution in [-0.2, 0) is 12.6 Å². The molecule has 1 aromatic heterocycles. The van der Waals surface area contributed by atoms with Crippen LogP contribution in [0.15, 0.2) is 42.6 Å². The van der Waals surface area contributed by atoms with Crippen molar-refractivity contribution >= 4 is 11.6 Å². The molecule has 0 spiro atoms. The van der Waals surface area contributed by atoms with Gasteiger partial charge in [-0.05, 0) is 30.3 Å². The summed E-state index contributed by atoms with van der Waals surface area (Å²) in [4.78, 5) is 16.0. The Bertz CT molecular complexity index is 657. The predicted molar refractivity (Wildman–Crippen MR) is 76.1 cm³/mol. The van der Waals surface area contributed by atoms with Crippen molar-refractivity contribution in [1.29, 1.82) is 0 Å². The molecule has 0 atom stereocenters. The lowest BCUT2D eigenvalue weighted by Gasteiger charge is -2.13. The van der Waals surface area contributed by atoms with Gasteiger partial charge in [0.1, 0.15) is 0 Å². The van der Waals surface area contributed by atoms with E-state index in [-0.39, 0.29) is 12.2 Å². The summed E-state index contributed by atoms with van der Waals surface area (Å²) >= 11 is 0. The van der Waals surface area contributed by atoms with Crippen LogP contribution in [0.4, 0.5) is 18.9 Å². The van der Waals surface area contributed by atoms with Gasteiger partial charge in [-0.1, -0.05) is 6.07 Å². The van der Waals surface area contributed by atoms with Gasteiger partial charge in [0, 0.05) is 30.5 Å². The number of pyridine rings is 1. The van der Waals surface area contributed by atoms with Gasteiger partial charge in [0.25, 0.3) is 5.91 Å². The number of alkyl halides is 3. The SMILES string of the molecule is Nc1ccc(C(F)(F)F)c(C(=O)NCCc2ccccn2)c1. The van der Waals surface area contributed by atoms with Crippen molar-refractivity contribution in [3.05, 3.63) is 59.4 Å². The zero-order valence-electron chi connectivity index (χ0n) is 11.5. The normalized spacial score (nSPS) is 11.2. The van der Waals surface area contributed by atoms with Crippen molar-refractivity contribution in [2.45, 2.75) is 12.6 Å². The van der Waals surface area contributed by atoms with Crippen LogP contribution in [0, 0.1) is 0 Å². The molecule has 1 heterocycles. The highest BCUT2D eigenvalue weighted by Crippen LogP contribution is 2.32. The Labute approximate surface area is 125 Å². The molecular formula is C15H14F3N3O. The quantitative estimate of drug-likeness (QED) is 0.853. The van der Waals surface area contributed by atoms with E-state index in [1.54, 1.807) is 24.4 Å². The number of nitrogens with zero attached hydrogens (tertiary/aromatic N) is 1. The molecule has 2 aromatic rings. The maximum absolute atomic E-state index is 12.9. The highest BCUT2D eigenvalue weighted by atomic mass is 19.4. The first kappa shape index (κ1) is 15.8. The molecule has 3 N–H and O–H groups in total. The number of aromatic nitrogens is 1. The number of nitrogens with one attached hydrogen (secondary N) is 1. The van der Waals surface area contributed by atoms with Crippen molar-refractivity contribution in [2.75, 3.05) is 12.3 Å². The fourth-order valence-corrected chi connectivity index (χ4v) is 1.94.